The number of hydrogen-bond acceptors (Lipinski definition) is 8. The summed E-state index contributed by atoms with van der Waals surface area (Å²) < 4.78 is 75.6. The summed E-state index contributed by atoms with van der Waals surface area (Å²) >= 11 is 1.74. The van der Waals surface area contributed by atoms with E-state index in [9.17, 15) is 26.3 Å². The molecule has 16 heteroatoms. The Hall–Kier alpha value is -2.98. The number of nitrogens with zero attached hydrogens (tertiary/aromatic N) is 3. The van der Waals surface area contributed by atoms with Crippen molar-refractivity contribution in [2.75, 3.05) is 19.7 Å². The molecule has 2 atom stereocenters. The fraction of sp³-hybridized carbons (Fsp3) is 0.524. The summed E-state index contributed by atoms with van der Waals surface area (Å²) in [4.78, 5) is 30.2. The van der Waals surface area contributed by atoms with E-state index >= 15 is 0 Å². The zero-order valence-electron chi connectivity index (χ0n) is 19.3. The standard InChI is InChI=1S/C17H21N3O2S.2C2HF3O2/c1-13-15(23-12-19-13)9-20-7-5-17(11-20)8-14(10-21-17)22-16-4-2-3-6-18-16;2*3-2(4,5)1(6)7/h2-4,6,12,14H,5,7-11H2,1H3;2*(H,6,7)/t14-,17+;;/m1../s1. The Morgan fingerprint density at radius 3 is 2.27 bits per heavy atom. The number of aromatic nitrogens is 2. The first-order chi connectivity index (χ1) is 17.1. The molecule has 0 unspecified atom stereocenters. The number of carbonyl (C=O) groups is 2. The summed E-state index contributed by atoms with van der Waals surface area (Å²) in [7, 11) is 0. The number of alkyl halides is 6. The van der Waals surface area contributed by atoms with Crippen LogP contribution >= 0.6 is 11.3 Å². The van der Waals surface area contributed by atoms with Crippen molar-refractivity contribution in [1.82, 2.24) is 14.9 Å². The van der Waals surface area contributed by atoms with Gasteiger partial charge in [-0.25, -0.2) is 19.6 Å². The van der Waals surface area contributed by atoms with Gasteiger partial charge in [0.25, 0.3) is 0 Å². The minimum Gasteiger partial charge on any atom is -0.475 e. The van der Waals surface area contributed by atoms with Crippen molar-refractivity contribution in [3.8, 4) is 5.88 Å². The number of halogens is 6. The normalized spacial score (nSPS) is 21.5. The number of carboxylic acid groups (broad SMARTS) is 2. The Morgan fingerprint density at radius 2 is 1.78 bits per heavy atom. The Morgan fingerprint density at radius 1 is 1.16 bits per heavy atom. The molecule has 37 heavy (non-hydrogen) atoms. The summed E-state index contributed by atoms with van der Waals surface area (Å²) in [6.45, 7) is 5.78. The van der Waals surface area contributed by atoms with Gasteiger partial charge in [0.15, 0.2) is 0 Å². The van der Waals surface area contributed by atoms with Crippen molar-refractivity contribution in [3.05, 3.63) is 40.5 Å². The molecular formula is C21H23F6N3O6S. The predicted molar refractivity (Wildman–Crippen MR) is 116 cm³/mol. The first-order valence-corrected chi connectivity index (χ1v) is 11.4. The molecule has 0 aliphatic carbocycles. The van der Waals surface area contributed by atoms with Gasteiger partial charge in [-0.05, 0) is 19.4 Å². The smallest absolute Gasteiger partial charge is 0.475 e. The van der Waals surface area contributed by atoms with Crippen LogP contribution in [0.1, 0.15) is 23.4 Å². The van der Waals surface area contributed by atoms with E-state index in [1.807, 2.05) is 23.7 Å². The Bertz CT molecular complexity index is 1010. The van der Waals surface area contributed by atoms with Gasteiger partial charge in [0.05, 0.1) is 23.4 Å². The maximum absolute atomic E-state index is 10.6. The second kappa shape index (κ2) is 12.5. The average molecular weight is 559 g/mol. The highest BCUT2D eigenvalue weighted by atomic mass is 32.1. The van der Waals surface area contributed by atoms with Crippen LogP contribution in [0.25, 0.3) is 0 Å². The molecule has 206 valence electrons. The third kappa shape index (κ3) is 9.77. The van der Waals surface area contributed by atoms with Gasteiger partial charge in [-0.15, -0.1) is 11.3 Å². The minimum absolute atomic E-state index is 0.0436. The monoisotopic (exact) mass is 559 g/mol. The lowest BCUT2D eigenvalue weighted by atomic mass is 9.98. The topological polar surface area (TPSA) is 122 Å². The van der Waals surface area contributed by atoms with Gasteiger partial charge in [-0.1, -0.05) is 6.07 Å². The number of carboxylic acids is 2. The number of thiazole rings is 1. The summed E-state index contributed by atoms with van der Waals surface area (Å²) in [5, 5.41) is 14.2. The highest BCUT2D eigenvalue weighted by Crippen LogP contribution is 2.37. The van der Waals surface area contributed by atoms with Gasteiger partial charge in [0, 0.05) is 43.2 Å². The fourth-order valence-electron chi connectivity index (χ4n) is 3.49. The Kier molecular flexibility index (Phi) is 10.2. The van der Waals surface area contributed by atoms with Crippen LogP contribution in [0.15, 0.2) is 29.9 Å². The molecule has 2 aromatic heterocycles. The van der Waals surface area contributed by atoms with E-state index < -0.39 is 24.3 Å². The van der Waals surface area contributed by atoms with Crippen LogP contribution in [0.4, 0.5) is 26.3 Å². The van der Waals surface area contributed by atoms with E-state index in [0.29, 0.717) is 12.5 Å². The Balaban J connectivity index is 0.000000286. The first-order valence-electron chi connectivity index (χ1n) is 10.5. The third-order valence-corrected chi connectivity index (χ3v) is 6.11. The van der Waals surface area contributed by atoms with E-state index in [-0.39, 0.29) is 11.7 Å². The molecule has 0 bridgehead atoms. The average Bonchev–Trinajstić information content (AvgIpc) is 3.50. The van der Waals surface area contributed by atoms with Crippen LogP contribution < -0.4 is 4.74 Å². The number of ether oxygens (including phenoxy) is 2. The van der Waals surface area contributed by atoms with Gasteiger partial charge in [0.1, 0.15) is 6.10 Å². The second-order valence-electron chi connectivity index (χ2n) is 8.03. The first kappa shape index (κ1) is 30.2. The van der Waals surface area contributed by atoms with Crippen molar-refractivity contribution in [2.45, 2.75) is 50.4 Å². The Labute approximate surface area is 210 Å². The number of aliphatic carboxylic acids is 2. The van der Waals surface area contributed by atoms with Gasteiger partial charge in [0.2, 0.25) is 5.88 Å². The van der Waals surface area contributed by atoms with Crippen LogP contribution in [0, 0.1) is 6.92 Å². The van der Waals surface area contributed by atoms with Crippen LogP contribution in [0.3, 0.4) is 0 Å². The van der Waals surface area contributed by atoms with E-state index in [1.54, 1.807) is 17.5 Å². The molecule has 2 aliphatic rings. The zero-order valence-corrected chi connectivity index (χ0v) is 20.1. The highest BCUT2D eigenvalue weighted by molar-refractivity contribution is 7.09. The molecule has 4 heterocycles. The summed E-state index contributed by atoms with van der Waals surface area (Å²) in [6, 6.07) is 5.75. The number of hydrogen-bond donors (Lipinski definition) is 2. The number of rotatable bonds is 4. The molecule has 4 rings (SSSR count). The lowest BCUT2D eigenvalue weighted by Gasteiger charge is -2.23. The molecule has 2 aromatic rings. The summed E-state index contributed by atoms with van der Waals surface area (Å²) in [6.07, 6.45) is -6.28. The van der Waals surface area contributed by atoms with E-state index in [2.05, 4.69) is 21.8 Å². The van der Waals surface area contributed by atoms with Crippen LogP contribution in [0.2, 0.25) is 0 Å². The third-order valence-electron chi connectivity index (χ3n) is 5.19. The van der Waals surface area contributed by atoms with Crippen LogP contribution in [-0.4, -0.2) is 80.8 Å². The number of aryl methyl sites for hydroxylation is 1. The molecule has 2 N–H and O–H groups in total. The van der Waals surface area contributed by atoms with E-state index in [0.717, 1.165) is 38.2 Å². The molecule has 0 aromatic carbocycles. The van der Waals surface area contributed by atoms with Crippen molar-refractivity contribution in [2.24, 2.45) is 0 Å². The number of pyridine rings is 1. The van der Waals surface area contributed by atoms with Gasteiger partial charge < -0.3 is 19.7 Å². The maximum Gasteiger partial charge on any atom is 0.490 e. The summed E-state index contributed by atoms with van der Waals surface area (Å²) in [5.41, 5.74) is 3.04. The van der Waals surface area contributed by atoms with Crippen molar-refractivity contribution in [1.29, 1.82) is 0 Å². The van der Waals surface area contributed by atoms with E-state index in [1.165, 1.54) is 4.88 Å². The van der Waals surface area contributed by atoms with Crippen molar-refractivity contribution < 1.29 is 55.6 Å². The van der Waals surface area contributed by atoms with Gasteiger partial charge in [-0.3, -0.25) is 4.90 Å². The molecule has 1 spiro atoms. The zero-order chi connectivity index (χ0) is 27.9. The lowest BCUT2D eigenvalue weighted by molar-refractivity contribution is -0.193. The maximum atomic E-state index is 10.6. The van der Waals surface area contributed by atoms with E-state index in [4.69, 9.17) is 29.3 Å². The molecule has 2 saturated heterocycles. The fourth-order valence-corrected chi connectivity index (χ4v) is 4.31. The van der Waals surface area contributed by atoms with Gasteiger partial charge in [-0.2, -0.15) is 26.3 Å². The largest absolute Gasteiger partial charge is 0.490 e. The minimum atomic E-state index is -5.08. The quantitative estimate of drug-likeness (QED) is 0.537. The highest BCUT2D eigenvalue weighted by Gasteiger charge is 2.46. The predicted octanol–water partition coefficient (Wildman–Crippen LogP) is 3.93. The SMILES string of the molecule is Cc1ncsc1CN1CC[C@]2(C[C@@H](Oc3ccccn3)CO2)C1.O=C(O)C(F)(F)F.O=C(O)C(F)(F)F. The molecule has 2 fully saturated rings. The molecule has 2 aliphatic heterocycles. The van der Waals surface area contributed by atoms with Crippen LogP contribution in [-0.2, 0) is 20.9 Å². The second-order valence-corrected chi connectivity index (χ2v) is 8.97. The molecule has 9 nitrogen and oxygen atoms in total. The lowest BCUT2D eigenvalue weighted by Crippen LogP contribution is -2.33. The molecular weight excluding hydrogens is 536 g/mol. The van der Waals surface area contributed by atoms with Crippen molar-refractivity contribution in [3.63, 3.8) is 0 Å². The van der Waals surface area contributed by atoms with Crippen molar-refractivity contribution >= 4 is 23.3 Å². The molecule has 0 amide bonds. The molecule has 0 radical (unpaired) electrons. The number of likely N-dealkylation sites (tertiary alicyclic amines) is 1. The molecule has 0 saturated carbocycles. The van der Waals surface area contributed by atoms with Gasteiger partial charge >= 0.3 is 24.3 Å². The summed E-state index contributed by atoms with van der Waals surface area (Å²) in [5.74, 6) is -4.83. The van der Waals surface area contributed by atoms with Crippen LogP contribution in [0.5, 0.6) is 5.88 Å².